The molecule has 20 heavy (non-hydrogen) atoms. The van der Waals surface area contributed by atoms with E-state index < -0.39 is 0 Å². The molecule has 1 aliphatic rings. The Kier molecular flexibility index (Phi) is 4.60. The SMILES string of the molecule is COCC(C)N(C)c1nc2c(cc1C(=N)N)CCCC2. The minimum Gasteiger partial charge on any atom is -0.384 e. The standard InChI is InChI=1S/C15H24N4O/c1-10(9-20-3)19(2)15-12(14(16)17)8-11-6-4-5-7-13(11)18-15/h8,10H,4-7,9H2,1-3H3,(H3,16,17). The normalized spacial score (nSPS) is 15.6. The molecule has 0 bridgehead atoms. The monoisotopic (exact) mass is 276 g/mol. The molecule has 110 valence electrons. The van der Waals surface area contributed by atoms with E-state index >= 15 is 0 Å². The van der Waals surface area contributed by atoms with Crippen LogP contribution in [0.25, 0.3) is 0 Å². The third-order valence-electron chi connectivity index (χ3n) is 3.97. The summed E-state index contributed by atoms with van der Waals surface area (Å²) in [5, 5.41) is 7.81. The van der Waals surface area contributed by atoms with Crippen molar-refractivity contribution in [3.63, 3.8) is 0 Å². The number of hydrogen-bond acceptors (Lipinski definition) is 4. The number of amidine groups is 1. The number of methoxy groups -OCH3 is 1. The molecule has 0 amide bonds. The van der Waals surface area contributed by atoms with E-state index in [0.717, 1.165) is 29.9 Å². The molecule has 0 fully saturated rings. The molecule has 1 aromatic heterocycles. The van der Waals surface area contributed by atoms with Crippen LogP contribution < -0.4 is 10.6 Å². The van der Waals surface area contributed by atoms with Crippen molar-refractivity contribution in [3.8, 4) is 0 Å². The summed E-state index contributed by atoms with van der Waals surface area (Å²) in [6.07, 6.45) is 4.45. The summed E-state index contributed by atoms with van der Waals surface area (Å²) >= 11 is 0. The van der Waals surface area contributed by atoms with Gasteiger partial charge in [-0.2, -0.15) is 0 Å². The Morgan fingerprint density at radius 1 is 1.50 bits per heavy atom. The summed E-state index contributed by atoms with van der Waals surface area (Å²) in [5.41, 5.74) is 8.89. The first-order valence-electron chi connectivity index (χ1n) is 7.13. The lowest BCUT2D eigenvalue weighted by Crippen LogP contribution is -2.35. The molecule has 0 spiro atoms. The number of aromatic nitrogens is 1. The first kappa shape index (κ1) is 14.8. The molecule has 1 unspecified atom stereocenters. The maximum atomic E-state index is 7.81. The van der Waals surface area contributed by atoms with Gasteiger partial charge < -0.3 is 15.4 Å². The Morgan fingerprint density at radius 2 is 2.20 bits per heavy atom. The lowest BCUT2D eigenvalue weighted by molar-refractivity contribution is 0.183. The molecular formula is C15H24N4O. The van der Waals surface area contributed by atoms with Gasteiger partial charge in [0.1, 0.15) is 11.7 Å². The van der Waals surface area contributed by atoms with Crippen LogP contribution in [-0.2, 0) is 17.6 Å². The molecule has 1 aliphatic carbocycles. The molecule has 0 saturated carbocycles. The smallest absolute Gasteiger partial charge is 0.139 e. The van der Waals surface area contributed by atoms with Gasteiger partial charge in [-0.3, -0.25) is 5.41 Å². The number of rotatable bonds is 5. The largest absolute Gasteiger partial charge is 0.384 e. The Hall–Kier alpha value is -1.62. The number of nitrogens with zero attached hydrogens (tertiary/aromatic N) is 2. The highest BCUT2D eigenvalue weighted by Crippen LogP contribution is 2.27. The number of hydrogen-bond donors (Lipinski definition) is 2. The summed E-state index contributed by atoms with van der Waals surface area (Å²) in [4.78, 5) is 6.84. The van der Waals surface area contributed by atoms with Crippen LogP contribution in [0.2, 0.25) is 0 Å². The molecule has 5 heteroatoms. The number of pyridine rings is 1. The molecule has 0 radical (unpaired) electrons. The van der Waals surface area contributed by atoms with Crippen molar-refractivity contribution in [2.24, 2.45) is 5.73 Å². The van der Waals surface area contributed by atoms with Crippen LogP contribution in [-0.4, -0.2) is 37.6 Å². The third-order valence-corrected chi connectivity index (χ3v) is 3.97. The number of anilines is 1. The van der Waals surface area contributed by atoms with E-state index in [4.69, 9.17) is 20.9 Å². The number of nitrogens with two attached hydrogens (primary N) is 1. The van der Waals surface area contributed by atoms with Gasteiger partial charge in [0.15, 0.2) is 0 Å². The zero-order chi connectivity index (χ0) is 14.7. The molecule has 5 nitrogen and oxygen atoms in total. The second kappa shape index (κ2) is 6.22. The zero-order valence-corrected chi connectivity index (χ0v) is 12.6. The molecule has 2 rings (SSSR count). The van der Waals surface area contributed by atoms with Gasteiger partial charge in [-0.05, 0) is 44.2 Å². The Morgan fingerprint density at radius 3 is 2.85 bits per heavy atom. The van der Waals surface area contributed by atoms with Gasteiger partial charge in [0, 0.05) is 19.9 Å². The van der Waals surface area contributed by atoms with E-state index in [9.17, 15) is 0 Å². The van der Waals surface area contributed by atoms with E-state index in [1.54, 1.807) is 7.11 Å². The van der Waals surface area contributed by atoms with Crippen LogP contribution in [0.5, 0.6) is 0 Å². The Bertz CT molecular complexity index is 501. The first-order valence-corrected chi connectivity index (χ1v) is 7.13. The number of likely N-dealkylation sites (N-methyl/N-ethyl adjacent to an activating group) is 1. The quantitative estimate of drug-likeness (QED) is 0.634. The van der Waals surface area contributed by atoms with Gasteiger partial charge in [0.05, 0.1) is 18.2 Å². The van der Waals surface area contributed by atoms with Crippen LogP contribution in [0.1, 0.15) is 36.6 Å². The van der Waals surface area contributed by atoms with Crippen molar-refractivity contribution in [3.05, 3.63) is 22.9 Å². The lowest BCUT2D eigenvalue weighted by Gasteiger charge is -2.29. The summed E-state index contributed by atoms with van der Waals surface area (Å²) in [6, 6.07) is 2.24. The minimum absolute atomic E-state index is 0.0809. The average Bonchev–Trinajstić information content (AvgIpc) is 2.45. The first-order chi connectivity index (χ1) is 9.54. The minimum atomic E-state index is 0.0809. The predicted octanol–water partition coefficient (Wildman–Crippen LogP) is 1.72. The van der Waals surface area contributed by atoms with Gasteiger partial charge >= 0.3 is 0 Å². The van der Waals surface area contributed by atoms with Crippen LogP contribution in [0.4, 0.5) is 5.82 Å². The topological polar surface area (TPSA) is 75.2 Å². The van der Waals surface area contributed by atoms with Gasteiger partial charge in [-0.1, -0.05) is 0 Å². The maximum absolute atomic E-state index is 7.81. The second-order valence-electron chi connectivity index (χ2n) is 5.50. The van der Waals surface area contributed by atoms with Crippen LogP contribution in [0.15, 0.2) is 6.07 Å². The van der Waals surface area contributed by atoms with E-state index in [1.807, 2.05) is 7.05 Å². The zero-order valence-electron chi connectivity index (χ0n) is 12.6. The third kappa shape index (κ3) is 2.93. The van der Waals surface area contributed by atoms with Crippen LogP contribution in [0, 0.1) is 5.41 Å². The fraction of sp³-hybridized carbons (Fsp3) is 0.600. The summed E-state index contributed by atoms with van der Waals surface area (Å²) in [5.74, 6) is 0.875. The second-order valence-corrected chi connectivity index (χ2v) is 5.50. The van der Waals surface area contributed by atoms with Crippen molar-refractivity contribution in [2.75, 3.05) is 25.7 Å². The number of ether oxygens (including phenoxy) is 1. The fourth-order valence-electron chi connectivity index (χ4n) is 2.65. The molecule has 0 aliphatic heterocycles. The van der Waals surface area contributed by atoms with E-state index in [0.29, 0.717) is 6.61 Å². The van der Waals surface area contributed by atoms with Gasteiger partial charge in [-0.25, -0.2) is 4.98 Å². The fourth-order valence-corrected chi connectivity index (χ4v) is 2.65. The number of aryl methyl sites for hydroxylation is 2. The number of fused-ring (bicyclic) bond motifs is 1. The highest BCUT2D eigenvalue weighted by molar-refractivity contribution is 5.99. The summed E-state index contributed by atoms with van der Waals surface area (Å²) in [7, 11) is 3.67. The van der Waals surface area contributed by atoms with Crippen molar-refractivity contribution in [1.82, 2.24) is 4.98 Å². The molecule has 1 aromatic rings. The Labute approximate surface area is 120 Å². The molecule has 1 atom stereocenters. The van der Waals surface area contributed by atoms with Gasteiger partial charge in [0.25, 0.3) is 0 Å². The van der Waals surface area contributed by atoms with Gasteiger partial charge in [-0.15, -0.1) is 0 Å². The van der Waals surface area contributed by atoms with Crippen molar-refractivity contribution >= 4 is 11.7 Å². The Balaban J connectivity index is 2.41. The predicted molar refractivity (Wildman–Crippen MR) is 81.6 cm³/mol. The summed E-state index contributed by atoms with van der Waals surface area (Å²) < 4.78 is 5.20. The average molecular weight is 276 g/mol. The lowest BCUT2D eigenvalue weighted by atomic mass is 9.94. The van der Waals surface area contributed by atoms with Crippen molar-refractivity contribution < 1.29 is 4.74 Å². The van der Waals surface area contributed by atoms with Crippen LogP contribution >= 0.6 is 0 Å². The summed E-state index contributed by atoms with van der Waals surface area (Å²) in [6.45, 7) is 2.70. The van der Waals surface area contributed by atoms with E-state index in [-0.39, 0.29) is 11.9 Å². The van der Waals surface area contributed by atoms with Gasteiger partial charge in [0.2, 0.25) is 0 Å². The highest BCUT2D eigenvalue weighted by Gasteiger charge is 2.21. The number of nitrogen functional groups attached to an aromatic ring is 1. The van der Waals surface area contributed by atoms with Crippen LogP contribution in [0.3, 0.4) is 0 Å². The molecule has 0 aromatic carbocycles. The molecule has 3 N–H and O–H groups in total. The van der Waals surface area contributed by atoms with Crippen molar-refractivity contribution in [2.45, 2.75) is 38.6 Å². The number of nitrogens with one attached hydrogen (secondary N) is 1. The highest BCUT2D eigenvalue weighted by atomic mass is 16.5. The molecule has 1 heterocycles. The molecular weight excluding hydrogens is 252 g/mol. The maximum Gasteiger partial charge on any atom is 0.139 e. The van der Waals surface area contributed by atoms with E-state index in [2.05, 4.69) is 17.9 Å². The van der Waals surface area contributed by atoms with Crippen molar-refractivity contribution in [1.29, 1.82) is 5.41 Å². The molecule has 0 saturated heterocycles. The van der Waals surface area contributed by atoms with E-state index in [1.165, 1.54) is 18.4 Å².